The molecule has 0 saturated heterocycles. The summed E-state index contributed by atoms with van der Waals surface area (Å²) in [6.07, 6.45) is 1.75. The Balaban J connectivity index is 1.87. The van der Waals surface area contributed by atoms with Gasteiger partial charge in [-0.1, -0.05) is 18.2 Å². The van der Waals surface area contributed by atoms with Crippen molar-refractivity contribution in [3.05, 3.63) is 87.4 Å². The first-order valence-electron chi connectivity index (χ1n) is 7.41. The molecule has 0 saturated carbocycles. The minimum Gasteiger partial charge on any atom is -0.366 e. The van der Waals surface area contributed by atoms with Gasteiger partial charge in [0.1, 0.15) is 5.82 Å². The molecule has 0 aliphatic carbocycles. The van der Waals surface area contributed by atoms with Crippen LogP contribution in [0.4, 0.5) is 4.39 Å². The second kappa shape index (κ2) is 7.23. The number of nitrogens with zero attached hydrogens (tertiary/aromatic N) is 2. The van der Waals surface area contributed by atoms with E-state index in [1.807, 2.05) is 0 Å². The highest BCUT2D eigenvalue weighted by Gasteiger charge is 2.08. The smallest absolute Gasteiger partial charge is 0.279 e. The maximum absolute atomic E-state index is 13.8. The SMILES string of the molecule is NC(=O)c1ccc(C(=O)N=c2sccn2Cc2ccccc2F)cc1. The molecular weight excluding hydrogens is 341 g/mol. The molecule has 2 N–H and O–H groups in total. The largest absolute Gasteiger partial charge is 0.366 e. The fraction of sp³-hybridized carbons (Fsp3) is 0.0556. The van der Waals surface area contributed by atoms with Gasteiger partial charge in [0.2, 0.25) is 5.91 Å². The molecule has 0 aliphatic heterocycles. The molecule has 0 unspecified atom stereocenters. The highest BCUT2D eigenvalue weighted by molar-refractivity contribution is 7.07. The van der Waals surface area contributed by atoms with Crippen LogP contribution >= 0.6 is 11.3 Å². The van der Waals surface area contributed by atoms with Gasteiger partial charge in [0, 0.05) is 28.3 Å². The fourth-order valence-electron chi connectivity index (χ4n) is 2.25. The molecule has 0 fully saturated rings. The van der Waals surface area contributed by atoms with Crippen molar-refractivity contribution in [1.82, 2.24) is 4.57 Å². The van der Waals surface area contributed by atoms with E-state index in [1.165, 1.54) is 41.7 Å². The van der Waals surface area contributed by atoms with E-state index in [9.17, 15) is 14.0 Å². The number of hydrogen-bond acceptors (Lipinski definition) is 3. The number of hydrogen-bond donors (Lipinski definition) is 1. The molecular formula is C18H14FN3O2S. The van der Waals surface area contributed by atoms with Crippen LogP contribution in [0.15, 0.2) is 65.1 Å². The lowest BCUT2D eigenvalue weighted by atomic mass is 10.1. The minimum atomic E-state index is -0.558. The maximum Gasteiger partial charge on any atom is 0.279 e. The maximum atomic E-state index is 13.8. The van der Waals surface area contributed by atoms with E-state index in [0.29, 0.717) is 21.5 Å². The van der Waals surface area contributed by atoms with E-state index < -0.39 is 11.8 Å². The molecule has 7 heteroatoms. The molecule has 2 amide bonds. The number of rotatable bonds is 4. The first-order chi connectivity index (χ1) is 12.0. The van der Waals surface area contributed by atoms with Gasteiger partial charge in [-0.2, -0.15) is 4.99 Å². The molecule has 3 aromatic rings. The third-order valence-electron chi connectivity index (χ3n) is 3.57. The molecule has 126 valence electrons. The number of amides is 2. The van der Waals surface area contributed by atoms with Gasteiger partial charge in [-0.05, 0) is 30.3 Å². The Morgan fingerprint density at radius 1 is 1.08 bits per heavy atom. The van der Waals surface area contributed by atoms with Crippen LogP contribution in [-0.4, -0.2) is 16.4 Å². The second-order valence-corrected chi connectivity index (χ2v) is 6.14. The van der Waals surface area contributed by atoms with Gasteiger partial charge < -0.3 is 10.3 Å². The van der Waals surface area contributed by atoms with Crippen molar-refractivity contribution in [3.63, 3.8) is 0 Å². The summed E-state index contributed by atoms with van der Waals surface area (Å²) in [5, 5.41) is 1.78. The number of carbonyl (C=O) groups excluding carboxylic acids is 2. The predicted octanol–water partition coefficient (Wildman–Crippen LogP) is 2.58. The molecule has 5 nitrogen and oxygen atoms in total. The summed E-state index contributed by atoms with van der Waals surface area (Å²) in [6, 6.07) is 12.4. The summed E-state index contributed by atoms with van der Waals surface area (Å²) in [5.74, 6) is -1.31. The van der Waals surface area contributed by atoms with E-state index >= 15 is 0 Å². The van der Waals surface area contributed by atoms with E-state index in [2.05, 4.69) is 4.99 Å². The van der Waals surface area contributed by atoms with Crippen molar-refractivity contribution >= 4 is 23.2 Å². The molecule has 3 rings (SSSR count). The summed E-state index contributed by atoms with van der Waals surface area (Å²) in [7, 11) is 0. The molecule has 0 aliphatic rings. The Labute approximate surface area is 146 Å². The van der Waals surface area contributed by atoms with Crippen molar-refractivity contribution in [3.8, 4) is 0 Å². The van der Waals surface area contributed by atoms with Gasteiger partial charge in [0.15, 0.2) is 4.80 Å². The monoisotopic (exact) mass is 355 g/mol. The number of carbonyl (C=O) groups is 2. The highest BCUT2D eigenvalue weighted by Crippen LogP contribution is 2.09. The molecule has 0 radical (unpaired) electrons. The van der Waals surface area contributed by atoms with Crippen LogP contribution < -0.4 is 10.5 Å². The Bertz CT molecular complexity index is 990. The zero-order valence-corrected chi connectivity index (χ0v) is 13.9. The van der Waals surface area contributed by atoms with Gasteiger partial charge in [0.25, 0.3) is 5.91 Å². The van der Waals surface area contributed by atoms with Crippen LogP contribution in [0.25, 0.3) is 0 Å². The zero-order valence-electron chi connectivity index (χ0n) is 13.1. The van der Waals surface area contributed by atoms with E-state index in [-0.39, 0.29) is 12.4 Å². The van der Waals surface area contributed by atoms with Crippen molar-refractivity contribution in [1.29, 1.82) is 0 Å². The van der Waals surface area contributed by atoms with Crippen LogP contribution in [-0.2, 0) is 6.54 Å². The Morgan fingerprint density at radius 2 is 1.76 bits per heavy atom. The van der Waals surface area contributed by atoms with Crippen LogP contribution in [0, 0.1) is 5.82 Å². The van der Waals surface area contributed by atoms with Crippen molar-refractivity contribution in [2.45, 2.75) is 6.54 Å². The summed E-state index contributed by atoms with van der Waals surface area (Å²) in [4.78, 5) is 27.9. The zero-order chi connectivity index (χ0) is 17.8. The molecule has 0 spiro atoms. The van der Waals surface area contributed by atoms with Gasteiger partial charge >= 0.3 is 0 Å². The van der Waals surface area contributed by atoms with E-state index in [1.54, 1.807) is 34.3 Å². The van der Waals surface area contributed by atoms with Crippen LogP contribution in [0.5, 0.6) is 0 Å². The summed E-state index contributed by atoms with van der Waals surface area (Å²) < 4.78 is 15.5. The minimum absolute atomic E-state index is 0.281. The van der Waals surface area contributed by atoms with Crippen molar-refractivity contribution in [2.75, 3.05) is 0 Å². The molecule has 2 aromatic carbocycles. The number of nitrogens with two attached hydrogens (primary N) is 1. The number of benzene rings is 2. The summed E-state index contributed by atoms with van der Waals surface area (Å²) >= 11 is 1.28. The number of thiazole rings is 1. The lowest BCUT2D eigenvalue weighted by Crippen LogP contribution is -2.17. The van der Waals surface area contributed by atoms with Gasteiger partial charge in [-0.15, -0.1) is 11.3 Å². The fourth-order valence-corrected chi connectivity index (χ4v) is 2.97. The Kier molecular flexibility index (Phi) is 4.85. The van der Waals surface area contributed by atoms with Crippen molar-refractivity contribution < 1.29 is 14.0 Å². The molecule has 25 heavy (non-hydrogen) atoms. The number of primary amides is 1. The quantitative estimate of drug-likeness (QED) is 0.781. The topological polar surface area (TPSA) is 77.5 Å². The van der Waals surface area contributed by atoms with Crippen molar-refractivity contribution in [2.24, 2.45) is 10.7 Å². The van der Waals surface area contributed by atoms with Crippen LogP contribution in [0.3, 0.4) is 0 Å². The molecule has 1 aromatic heterocycles. The first-order valence-corrected chi connectivity index (χ1v) is 8.29. The summed E-state index contributed by atoms with van der Waals surface area (Å²) in [6.45, 7) is 0.281. The highest BCUT2D eigenvalue weighted by atomic mass is 32.1. The molecule has 0 bridgehead atoms. The lowest BCUT2D eigenvalue weighted by Gasteiger charge is -2.04. The summed E-state index contributed by atoms with van der Waals surface area (Å²) in [5.41, 5.74) is 6.35. The van der Waals surface area contributed by atoms with Gasteiger partial charge in [-0.25, -0.2) is 4.39 Å². The van der Waals surface area contributed by atoms with E-state index in [0.717, 1.165) is 0 Å². The lowest BCUT2D eigenvalue weighted by molar-refractivity contribution is 0.0987. The van der Waals surface area contributed by atoms with Crippen LogP contribution in [0.1, 0.15) is 26.3 Å². The molecule has 1 heterocycles. The van der Waals surface area contributed by atoms with Gasteiger partial charge in [-0.3, -0.25) is 9.59 Å². The first kappa shape index (κ1) is 16.8. The van der Waals surface area contributed by atoms with E-state index in [4.69, 9.17) is 5.73 Å². The second-order valence-electron chi connectivity index (χ2n) is 5.26. The Morgan fingerprint density at radius 3 is 2.44 bits per heavy atom. The predicted molar refractivity (Wildman–Crippen MR) is 92.7 cm³/mol. The number of aromatic nitrogens is 1. The van der Waals surface area contributed by atoms with Gasteiger partial charge in [0.05, 0.1) is 6.54 Å². The average Bonchev–Trinajstić information content (AvgIpc) is 3.04. The third-order valence-corrected chi connectivity index (χ3v) is 4.37. The third kappa shape index (κ3) is 3.89. The Hall–Kier alpha value is -3.06. The molecule has 0 atom stereocenters. The normalized spacial score (nSPS) is 11.5. The average molecular weight is 355 g/mol. The van der Waals surface area contributed by atoms with Crippen LogP contribution in [0.2, 0.25) is 0 Å². The number of halogens is 1. The standard InChI is InChI=1S/C18H14FN3O2S/c19-15-4-2-1-3-14(15)11-22-9-10-25-18(22)21-17(24)13-7-5-12(6-8-13)16(20)23/h1-10H,11H2,(H2,20,23).